The summed E-state index contributed by atoms with van der Waals surface area (Å²) in [6.45, 7) is 11.3. The lowest BCUT2D eigenvalue weighted by atomic mass is 10.0. The fraction of sp³-hybridized carbons (Fsp3) is 1.00. The molecule has 0 N–H and O–H groups in total. The normalized spacial score (nSPS) is 11.9. The zero-order valence-electron chi connectivity index (χ0n) is 32.1. The van der Waals surface area contributed by atoms with Crippen LogP contribution in [0.4, 0.5) is 0 Å². The Bertz CT molecular complexity index is 498. The summed E-state index contributed by atoms with van der Waals surface area (Å²) in [6, 6.07) is 0. The highest BCUT2D eigenvalue weighted by Gasteiger charge is 2.16. The van der Waals surface area contributed by atoms with Crippen molar-refractivity contribution in [1.82, 2.24) is 0 Å². The van der Waals surface area contributed by atoms with Gasteiger partial charge in [0.25, 0.3) is 0 Å². The van der Waals surface area contributed by atoms with Gasteiger partial charge in [0.15, 0.2) is 0 Å². The predicted octanol–water partition coefficient (Wildman–Crippen LogP) is 6.13. The second-order valence-corrected chi connectivity index (χ2v) is 15.6. The number of unbranched alkanes of at least 4 members (excludes halogenated alkanes) is 26. The molecule has 0 saturated carbocycles. The van der Waals surface area contributed by atoms with Crippen LogP contribution in [0.3, 0.4) is 0 Å². The van der Waals surface area contributed by atoms with E-state index < -0.39 is 0 Å². The van der Waals surface area contributed by atoms with Crippen LogP contribution in [0.2, 0.25) is 0 Å². The molecule has 0 aliphatic rings. The van der Waals surface area contributed by atoms with E-state index in [2.05, 4.69) is 42.0 Å². The number of halogens is 2. The first-order chi connectivity index (χ1) is 20.8. The first-order valence-corrected chi connectivity index (χ1v) is 20.0. The van der Waals surface area contributed by atoms with Gasteiger partial charge >= 0.3 is 0 Å². The SMILES string of the molecule is CCCCCCCCCCCCCCCC[N+](C)(C)CCOCC[N+](C)(C)CCCCCCCCCCCCCCCC.[Br-].[Br-]. The van der Waals surface area contributed by atoms with Gasteiger partial charge in [0.05, 0.1) is 54.5 Å². The van der Waals surface area contributed by atoms with Crippen molar-refractivity contribution in [2.24, 2.45) is 0 Å². The Morgan fingerprint density at radius 1 is 0.289 bits per heavy atom. The maximum atomic E-state index is 6.12. The van der Waals surface area contributed by atoms with E-state index in [4.69, 9.17) is 4.74 Å². The molecule has 0 amide bonds. The maximum absolute atomic E-state index is 6.12. The Hall–Kier alpha value is 0.840. The molecule has 0 aromatic carbocycles. The molecule has 45 heavy (non-hydrogen) atoms. The highest BCUT2D eigenvalue weighted by Crippen LogP contribution is 2.15. The number of hydrogen-bond donors (Lipinski definition) is 0. The van der Waals surface area contributed by atoms with Crippen LogP contribution >= 0.6 is 0 Å². The van der Waals surface area contributed by atoms with Gasteiger partial charge in [-0.2, -0.15) is 0 Å². The van der Waals surface area contributed by atoms with Crippen LogP contribution in [-0.2, 0) is 4.74 Å². The van der Waals surface area contributed by atoms with Crippen molar-refractivity contribution in [2.45, 2.75) is 194 Å². The van der Waals surface area contributed by atoms with Crippen LogP contribution in [0.1, 0.15) is 194 Å². The monoisotopic (exact) mass is 769 g/mol. The summed E-state index contributed by atoms with van der Waals surface area (Å²) >= 11 is 0. The van der Waals surface area contributed by atoms with Crippen LogP contribution in [0, 0.1) is 0 Å². The zero-order valence-corrected chi connectivity index (χ0v) is 35.3. The first kappa shape index (κ1) is 50.2. The highest BCUT2D eigenvalue weighted by molar-refractivity contribution is 4.51. The zero-order chi connectivity index (χ0) is 31.7. The van der Waals surface area contributed by atoms with Gasteiger partial charge in [0.2, 0.25) is 0 Å². The number of likely N-dealkylation sites (N-methyl/N-ethyl adjacent to an activating group) is 2. The third-order valence-corrected chi connectivity index (χ3v) is 9.92. The second kappa shape index (κ2) is 37.7. The molecule has 0 fully saturated rings. The van der Waals surface area contributed by atoms with Gasteiger partial charge in [-0.25, -0.2) is 0 Å². The van der Waals surface area contributed by atoms with Crippen LogP contribution in [-0.4, -0.2) is 76.5 Å². The molecule has 0 saturated heterocycles. The quantitative estimate of drug-likeness (QED) is 0.0552. The average molecular weight is 771 g/mol. The van der Waals surface area contributed by atoms with Crippen LogP contribution in [0.5, 0.6) is 0 Å². The van der Waals surface area contributed by atoms with Gasteiger partial charge < -0.3 is 47.7 Å². The van der Waals surface area contributed by atoms with Gasteiger partial charge in [0.1, 0.15) is 13.1 Å². The summed E-state index contributed by atoms with van der Waals surface area (Å²) in [5.74, 6) is 0. The number of rotatable bonds is 36. The van der Waals surface area contributed by atoms with Gasteiger partial charge in [0, 0.05) is 0 Å². The Kier molecular flexibility index (Phi) is 42.0. The Morgan fingerprint density at radius 2 is 0.489 bits per heavy atom. The van der Waals surface area contributed by atoms with Crippen LogP contribution in [0.25, 0.3) is 0 Å². The van der Waals surface area contributed by atoms with E-state index >= 15 is 0 Å². The van der Waals surface area contributed by atoms with E-state index in [0.29, 0.717) is 0 Å². The number of ether oxygens (including phenoxy) is 1. The predicted molar refractivity (Wildman–Crippen MR) is 195 cm³/mol. The van der Waals surface area contributed by atoms with Gasteiger partial charge in [-0.3, -0.25) is 0 Å². The van der Waals surface area contributed by atoms with Crippen molar-refractivity contribution in [3.8, 4) is 0 Å². The number of nitrogens with zero attached hydrogens (tertiary/aromatic N) is 2. The van der Waals surface area contributed by atoms with E-state index in [1.165, 1.54) is 193 Å². The molecule has 0 aromatic rings. The lowest BCUT2D eigenvalue weighted by Gasteiger charge is -2.31. The molecule has 0 atom stereocenters. The number of hydrogen-bond acceptors (Lipinski definition) is 1. The minimum atomic E-state index is 0. The number of quaternary nitrogens is 2. The molecule has 3 nitrogen and oxygen atoms in total. The van der Waals surface area contributed by atoms with E-state index in [1.54, 1.807) is 0 Å². The second-order valence-electron chi connectivity index (χ2n) is 15.6. The minimum absolute atomic E-state index is 0. The standard InChI is InChI=1S/C40H86N2O.2BrH/c1-7-9-11-13-15-17-19-21-23-25-27-29-31-33-35-41(3,4)37-39-43-40-38-42(5,6)36-34-32-30-28-26-24-22-20-18-16-14-12-10-8-2;;/h7-40H2,1-6H3;2*1H/q+2;;/p-2. The average Bonchev–Trinajstić information content (AvgIpc) is 2.97. The van der Waals surface area contributed by atoms with Crippen molar-refractivity contribution in [3.63, 3.8) is 0 Å². The fourth-order valence-electron chi connectivity index (χ4n) is 6.42. The molecule has 0 rings (SSSR count). The summed E-state index contributed by atoms with van der Waals surface area (Å²) in [7, 11) is 9.56. The van der Waals surface area contributed by atoms with E-state index in [0.717, 1.165) is 35.3 Å². The first-order valence-electron chi connectivity index (χ1n) is 20.0. The van der Waals surface area contributed by atoms with Crippen molar-refractivity contribution in [2.75, 3.05) is 67.6 Å². The Balaban J connectivity index is -0.00000882. The molecule has 5 heteroatoms. The van der Waals surface area contributed by atoms with Crippen molar-refractivity contribution in [3.05, 3.63) is 0 Å². The van der Waals surface area contributed by atoms with Crippen molar-refractivity contribution < 1.29 is 47.7 Å². The summed E-state index contributed by atoms with van der Waals surface area (Å²) in [6.07, 6.45) is 40.3. The maximum Gasteiger partial charge on any atom is 0.102 e. The minimum Gasteiger partial charge on any atom is -1.00 e. The van der Waals surface area contributed by atoms with Crippen LogP contribution in [0.15, 0.2) is 0 Å². The molecule has 0 heterocycles. The van der Waals surface area contributed by atoms with Crippen LogP contribution < -0.4 is 34.0 Å². The fourth-order valence-corrected chi connectivity index (χ4v) is 6.42. The molecule has 0 unspecified atom stereocenters. The molecular formula is C40H86Br2N2O. The lowest BCUT2D eigenvalue weighted by molar-refractivity contribution is -0.894. The molecule has 276 valence electrons. The summed E-state index contributed by atoms with van der Waals surface area (Å²) in [5.41, 5.74) is 0. The van der Waals surface area contributed by atoms with Crippen molar-refractivity contribution in [1.29, 1.82) is 0 Å². The van der Waals surface area contributed by atoms with Crippen molar-refractivity contribution >= 4 is 0 Å². The Labute approximate surface area is 307 Å². The Morgan fingerprint density at radius 3 is 0.711 bits per heavy atom. The summed E-state index contributed by atoms with van der Waals surface area (Å²) in [5, 5.41) is 0. The van der Waals surface area contributed by atoms with E-state index in [1.807, 2.05) is 0 Å². The topological polar surface area (TPSA) is 9.23 Å². The smallest absolute Gasteiger partial charge is 0.102 e. The van der Waals surface area contributed by atoms with Gasteiger partial charge in [-0.1, -0.05) is 168 Å². The highest BCUT2D eigenvalue weighted by atomic mass is 79.9. The molecule has 0 aliphatic carbocycles. The molecule has 0 aliphatic heterocycles. The molecule has 0 radical (unpaired) electrons. The van der Waals surface area contributed by atoms with Gasteiger partial charge in [-0.05, 0) is 25.7 Å². The largest absolute Gasteiger partial charge is 1.00 e. The third-order valence-electron chi connectivity index (χ3n) is 9.92. The lowest BCUT2D eigenvalue weighted by Crippen LogP contribution is -3.00. The van der Waals surface area contributed by atoms with Gasteiger partial charge in [-0.15, -0.1) is 0 Å². The molecule has 0 aromatic heterocycles. The molecular weight excluding hydrogens is 684 g/mol. The summed E-state index contributed by atoms with van der Waals surface area (Å²) in [4.78, 5) is 0. The summed E-state index contributed by atoms with van der Waals surface area (Å²) < 4.78 is 8.34. The molecule has 0 spiro atoms. The van der Waals surface area contributed by atoms with E-state index in [9.17, 15) is 0 Å². The third kappa shape index (κ3) is 40.9. The van der Waals surface area contributed by atoms with E-state index in [-0.39, 0.29) is 34.0 Å². The molecule has 0 bridgehead atoms.